The molecule has 0 aliphatic rings. The molecule has 0 aliphatic carbocycles. The van der Waals surface area contributed by atoms with Gasteiger partial charge < -0.3 is 5.11 Å². The molecule has 82 valence electrons. The normalized spacial score (nSPS) is 10.4. The van der Waals surface area contributed by atoms with Gasteiger partial charge in [0.1, 0.15) is 0 Å². The van der Waals surface area contributed by atoms with Crippen molar-refractivity contribution in [3.63, 3.8) is 0 Å². The lowest BCUT2D eigenvalue weighted by Gasteiger charge is -2.03. The van der Waals surface area contributed by atoms with E-state index >= 15 is 0 Å². The number of carboxylic acids is 1. The fourth-order valence-electron chi connectivity index (χ4n) is 1.13. The summed E-state index contributed by atoms with van der Waals surface area (Å²) < 4.78 is 1.37. The van der Waals surface area contributed by atoms with Gasteiger partial charge in [0, 0.05) is 6.20 Å². The van der Waals surface area contributed by atoms with Crippen LogP contribution in [-0.2, 0) is 0 Å². The van der Waals surface area contributed by atoms with Crippen molar-refractivity contribution >= 4 is 29.2 Å². The number of aromatic carboxylic acids is 1. The molecule has 16 heavy (non-hydrogen) atoms. The molecular weight excluding hydrogens is 253 g/mol. The highest BCUT2D eigenvalue weighted by Gasteiger charge is 2.10. The van der Waals surface area contributed by atoms with Crippen LogP contribution in [0.5, 0.6) is 0 Å². The molecule has 0 unspecified atom stereocenters. The smallest absolute Gasteiger partial charge is 0.337 e. The zero-order valence-corrected chi connectivity index (χ0v) is 9.27. The van der Waals surface area contributed by atoms with Crippen LogP contribution in [0.1, 0.15) is 10.4 Å². The topological polar surface area (TPSA) is 68.0 Å². The van der Waals surface area contributed by atoms with Gasteiger partial charge in [0.15, 0.2) is 5.82 Å². The molecule has 0 fully saturated rings. The fourth-order valence-corrected chi connectivity index (χ4v) is 1.52. The first kappa shape index (κ1) is 10.9. The average molecular weight is 258 g/mol. The number of pyridine rings is 1. The first-order chi connectivity index (χ1) is 7.58. The van der Waals surface area contributed by atoms with E-state index in [0.717, 1.165) is 0 Å². The largest absolute Gasteiger partial charge is 0.478 e. The Kier molecular flexibility index (Phi) is 2.80. The van der Waals surface area contributed by atoms with E-state index in [1.807, 2.05) is 0 Å². The van der Waals surface area contributed by atoms with Crippen molar-refractivity contribution in [1.29, 1.82) is 0 Å². The molecule has 0 aromatic carbocycles. The van der Waals surface area contributed by atoms with Crippen molar-refractivity contribution in [3.8, 4) is 5.82 Å². The second-order valence-corrected chi connectivity index (χ2v) is 3.78. The van der Waals surface area contributed by atoms with E-state index in [0.29, 0.717) is 10.8 Å². The van der Waals surface area contributed by atoms with Crippen LogP contribution in [0.2, 0.25) is 10.0 Å². The van der Waals surface area contributed by atoms with Crippen LogP contribution in [0.3, 0.4) is 0 Å². The Bertz CT molecular complexity index is 553. The van der Waals surface area contributed by atoms with E-state index < -0.39 is 5.97 Å². The van der Waals surface area contributed by atoms with Crippen molar-refractivity contribution in [1.82, 2.24) is 14.8 Å². The number of carboxylic acid groups (broad SMARTS) is 1. The summed E-state index contributed by atoms with van der Waals surface area (Å²) in [5.41, 5.74) is 0.0204. The standard InChI is InChI=1S/C9H5Cl2N3O2/c10-6-3-13-14(4-6)8-7(11)1-5(2-12-8)9(15)16/h1-4H,(H,15,16). The molecule has 2 aromatic heterocycles. The summed E-state index contributed by atoms with van der Waals surface area (Å²) in [6, 6.07) is 1.31. The van der Waals surface area contributed by atoms with Crippen molar-refractivity contribution in [2.45, 2.75) is 0 Å². The summed E-state index contributed by atoms with van der Waals surface area (Å²) in [7, 11) is 0. The van der Waals surface area contributed by atoms with Gasteiger partial charge in [-0.1, -0.05) is 23.2 Å². The molecule has 5 nitrogen and oxygen atoms in total. The molecule has 0 saturated carbocycles. The summed E-state index contributed by atoms with van der Waals surface area (Å²) in [5.74, 6) is -0.752. The monoisotopic (exact) mass is 257 g/mol. The van der Waals surface area contributed by atoms with E-state index in [9.17, 15) is 4.79 Å². The van der Waals surface area contributed by atoms with Gasteiger partial charge in [-0.3, -0.25) is 0 Å². The SMILES string of the molecule is O=C(O)c1cnc(-n2cc(Cl)cn2)c(Cl)c1. The molecule has 0 radical (unpaired) electrons. The van der Waals surface area contributed by atoms with Crippen molar-refractivity contribution in [3.05, 3.63) is 40.3 Å². The zero-order chi connectivity index (χ0) is 11.7. The Balaban J connectivity index is 2.47. The average Bonchev–Trinajstić information content (AvgIpc) is 2.64. The van der Waals surface area contributed by atoms with Crippen LogP contribution in [0.25, 0.3) is 5.82 Å². The first-order valence-corrected chi connectivity index (χ1v) is 4.93. The summed E-state index contributed by atoms with van der Waals surface area (Å²) in [6.45, 7) is 0. The predicted octanol–water partition coefficient (Wildman–Crippen LogP) is 2.27. The lowest BCUT2D eigenvalue weighted by Crippen LogP contribution is -2.03. The summed E-state index contributed by atoms with van der Waals surface area (Å²) in [5, 5.41) is 13.3. The Morgan fingerprint density at radius 3 is 2.62 bits per heavy atom. The van der Waals surface area contributed by atoms with Crippen molar-refractivity contribution in [2.75, 3.05) is 0 Å². The lowest BCUT2D eigenvalue weighted by molar-refractivity contribution is 0.0696. The van der Waals surface area contributed by atoms with Gasteiger partial charge in [0.2, 0.25) is 0 Å². The van der Waals surface area contributed by atoms with Gasteiger partial charge in [-0.25, -0.2) is 14.5 Å². The molecule has 0 spiro atoms. The van der Waals surface area contributed by atoms with Crippen LogP contribution < -0.4 is 0 Å². The molecule has 0 atom stereocenters. The Labute approximate surface area is 100 Å². The number of nitrogens with zero attached hydrogens (tertiary/aromatic N) is 3. The Hall–Kier alpha value is -1.59. The highest BCUT2D eigenvalue weighted by Crippen LogP contribution is 2.20. The van der Waals surface area contributed by atoms with E-state index in [4.69, 9.17) is 28.3 Å². The number of hydrogen-bond acceptors (Lipinski definition) is 3. The van der Waals surface area contributed by atoms with E-state index in [1.54, 1.807) is 0 Å². The maximum atomic E-state index is 10.7. The van der Waals surface area contributed by atoms with E-state index in [-0.39, 0.29) is 10.6 Å². The highest BCUT2D eigenvalue weighted by molar-refractivity contribution is 6.32. The summed E-state index contributed by atoms with van der Waals surface area (Å²) in [4.78, 5) is 14.6. The number of hydrogen-bond donors (Lipinski definition) is 1. The highest BCUT2D eigenvalue weighted by atomic mass is 35.5. The molecule has 2 heterocycles. The third-order valence-electron chi connectivity index (χ3n) is 1.84. The third kappa shape index (κ3) is 2.00. The molecule has 2 aromatic rings. The minimum atomic E-state index is -1.08. The van der Waals surface area contributed by atoms with Crippen LogP contribution in [-0.4, -0.2) is 25.8 Å². The van der Waals surface area contributed by atoms with Crippen molar-refractivity contribution in [2.24, 2.45) is 0 Å². The second kappa shape index (κ2) is 4.11. The molecule has 0 aliphatic heterocycles. The number of halogens is 2. The molecule has 0 saturated heterocycles. The summed E-state index contributed by atoms with van der Waals surface area (Å²) in [6.07, 6.45) is 4.17. The number of rotatable bonds is 2. The van der Waals surface area contributed by atoms with Crippen LogP contribution in [0, 0.1) is 0 Å². The number of aromatic nitrogens is 3. The van der Waals surface area contributed by atoms with Gasteiger partial charge >= 0.3 is 5.97 Å². The second-order valence-electron chi connectivity index (χ2n) is 2.94. The van der Waals surface area contributed by atoms with Gasteiger partial charge in [-0.05, 0) is 6.07 Å². The molecule has 1 N–H and O–H groups in total. The fraction of sp³-hybridized carbons (Fsp3) is 0. The zero-order valence-electron chi connectivity index (χ0n) is 7.76. The van der Waals surface area contributed by atoms with Gasteiger partial charge in [-0.2, -0.15) is 5.10 Å². The molecule has 0 bridgehead atoms. The van der Waals surface area contributed by atoms with E-state index in [2.05, 4.69) is 10.1 Å². The van der Waals surface area contributed by atoms with Gasteiger partial charge in [0.05, 0.1) is 28.0 Å². The van der Waals surface area contributed by atoms with Crippen LogP contribution in [0.4, 0.5) is 0 Å². The van der Waals surface area contributed by atoms with Crippen LogP contribution in [0.15, 0.2) is 24.7 Å². The minimum Gasteiger partial charge on any atom is -0.478 e. The molecule has 2 rings (SSSR count). The minimum absolute atomic E-state index is 0.0204. The first-order valence-electron chi connectivity index (χ1n) is 4.17. The van der Waals surface area contributed by atoms with Gasteiger partial charge in [-0.15, -0.1) is 0 Å². The number of carbonyl (C=O) groups is 1. The lowest BCUT2D eigenvalue weighted by atomic mass is 10.3. The summed E-state index contributed by atoms with van der Waals surface area (Å²) >= 11 is 11.6. The van der Waals surface area contributed by atoms with E-state index in [1.165, 1.54) is 29.3 Å². The molecular formula is C9H5Cl2N3O2. The maximum absolute atomic E-state index is 10.7. The predicted molar refractivity (Wildman–Crippen MR) is 58.3 cm³/mol. The quantitative estimate of drug-likeness (QED) is 0.897. The van der Waals surface area contributed by atoms with Crippen LogP contribution >= 0.6 is 23.2 Å². The van der Waals surface area contributed by atoms with Gasteiger partial charge in [0.25, 0.3) is 0 Å². The third-order valence-corrected chi connectivity index (χ3v) is 2.31. The molecule has 7 heteroatoms. The maximum Gasteiger partial charge on any atom is 0.337 e. The Morgan fingerprint density at radius 1 is 1.38 bits per heavy atom. The van der Waals surface area contributed by atoms with Crippen molar-refractivity contribution < 1.29 is 9.90 Å². The molecule has 0 amide bonds. The Morgan fingerprint density at radius 2 is 2.12 bits per heavy atom.